The maximum absolute atomic E-state index is 12.8. The van der Waals surface area contributed by atoms with Crippen molar-refractivity contribution in [3.05, 3.63) is 47.7 Å². The molecular weight excluding hydrogens is 338 g/mol. The molecule has 4 nitrogen and oxygen atoms in total. The van der Waals surface area contributed by atoms with E-state index in [4.69, 9.17) is 14.5 Å². The van der Waals surface area contributed by atoms with Gasteiger partial charge in [0.05, 0.1) is 23.1 Å². The summed E-state index contributed by atoms with van der Waals surface area (Å²) in [4.78, 5) is 17.5. The third-order valence-corrected chi connectivity index (χ3v) is 5.19. The third-order valence-electron chi connectivity index (χ3n) is 5.19. The van der Waals surface area contributed by atoms with Gasteiger partial charge in [0.1, 0.15) is 0 Å². The van der Waals surface area contributed by atoms with Gasteiger partial charge in [-0.25, -0.2) is 0 Å². The number of hydrogen-bond donors (Lipinski definition) is 0. The van der Waals surface area contributed by atoms with Gasteiger partial charge in [0.25, 0.3) is 0 Å². The van der Waals surface area contributed by atoms with Crippen molar-refractivity contribution in [3.63, 3.8) is 0 Å². The van der Waals surface area contributed by atoms with E-state index >= 15 is 0 Å². The van der Waals surface area contributed by atoms with Gasteiger partial charge in [0.2, 0.25) is 0 Å². The van der Waals surface area contributed by atoms with E-state index in [2.05, 4.69) is 37.3 Å². The topological polar surface area (TPSA) is 48.4 Å². The molecule has 3 rings (SSSR count). The van der Waals surface area contributed by atoms with Crippen molar-refractivity contribution in [2.75, 3.05) is 13.2 Å². The largest absolute Gasteiger partial charge is 0.465 e. The Balaban J connectivity index is 1.94. The summed E-state index contributed by atoms with van der Waals surface area (Å²) in [7, 11) is 0. The lowest BCUT2D eigenvalue weighted by Gasteiger charge is -2.41. The highest BCUT2D eigenvalue weighted by Crippen LogP contribution is 2.41. The number of carbonyl (C=O) groups is 1. The minimum absolute atomic E-state index is 0.162. The zero-order valence-corrected chi connectivity index (χ0v) is 16.7. The van der Waals surface area contributed by atoms with Crippen LogP contribution in [0.5, 0.6) is 0 Å². The molecule has 0 spiro atoms. The van der Waals surface area contributed by atoms with Gasteiger partial charge in [-0.2, -0.15) is 0 Å². The summed E-state index contributed by atoms with van der Waals surface area (Å²) in [5, 5.41) is 1.12. The zero-order valence-electron chi connectivity index (χ0n) is 16.7. The molecule has 0 saturated carbocycles. The number of aromatic nitrogens is 1. The van der Waals surface area contributed by atoms with E-state index in [-0.39, 0.29) is 11.6 Å². The first-order chi connectivity index (χ1) is 12.9. The Morgan fingerprint density at radius 2 is 2.04 bits per heavy atom. The second kappa shape index (κ2) is 7.81. The molecule has 1 fully saturated rings. The van der Waals surface area contributed by atoms with Gasteiger partial charge in [-0.3, -0.25) is 9.78 Å². The van der Waals surface area contributed by atoms with E-state index in [1.165, 1.54) is 0 Å². The fraction of sp³-hybridized carbons (Fsp3) is 0.478. The zero-order chi connectivity index (χ0) is 19.5. The van der Waals surface area contributed by atoms with Crippen LogP contribution in [0, 0.1) is 5.41 Å². The van der Waals surface area contributed by atoms with Crippen molar-refractivity contribution in [1.82, 2.24) is 4.98 Å². The van der Waals surface area contributed by atoms with Crippen molar-refractivity contribution >= 4 is 22.9 Å². The summed E-state index contributed by atoms with van der Waals surface area (Å²) in [5.74, 6) is -0.162. The Bertz CT molecular complexity index is 856. The van der Waals surface area contributed by atoms with Crippen LogP contribution in [0.15, 0.2) is 36.4 Å². The fourth-order valence-corrected chi connectivity index (χ4v) is 3.80. The standard InChI is InChI=1S/C23H29NO3/c1-5-19-10-9-18-8-7-17(15-20(18)24-19)11-12-23(21(25)26-6-2)13-14-27-22(3,4)16-23/h7-12,15H,5-6,13-14,16H2,1-4H3/b12-11+. The number of ether oxygens (including phenoxy) is 2. The van der Waals surface area contributed by atoms with Crippen LogP contribution in [0.1, 0.15) is 51.8 Å². The molecule has 0 aliphatic carbocycles. The quantitative estimate of drug-likeness (QED) is 0.702. The monoisotopic (exact) mass is 367 g/mol. The van der Waals surface area contributed by atoms with E-state index < -0.39 is 5.41 Å². The number of pyridine rings is 1. The smallest absolute Gasteiger partial charge is 0.316 e. The van der Waals surface area contributed by atoms with Crippen molar-refractivity contribution in [2.45, 2.75) is 52.6 Å². The maximum Gasteiger partial charge on any atom is 0.316 e. The summed E-state index contributed by atoms with van der Waals surface area (Å²) in [5.41, 5.74) is 2.10. The minimum Gasteiger partial charge on any atom is -0.465 e. The van der Waals surface area contributed by atoms with Crippen LogP contribution in [-0.2, 0) is 20.7 Å². The lowest BCUT2D eigenvalue weighted by atomic mass is 9.73. The molecule has 1 saturated heterocycles. The van der Waals surface area contributed by atoms with E-state index in [1.807, 2.05) is 32.9 Å². The van der Waals surface area contributed by atoms with E-state index in [1.54, 1.807) is 0 Å². The summed E-state index contributed by atoms with van der Waals surface area (Å²) < 4.78 is 11.2. The Kier molecular flexibility index (Phi) is 5.66. The van der Waals surface area contributed by atoms with Crippen LogP contribution in [0.2, 0.25) is 0 Å². The molecule has 1 aromatic carbocycles. The van der Waals surface area contributed by atoms with Crippen molar-refractivity contribution in [2.24, 2.45) is 5.41 Å². The molecule has 27 heavy (non-hydrogen) atoms. The van der Waals surface area contributed by atoms with Gasteiger partial charge in [-0.1, -0.05) is 37.3 Å². The lowest BCUT2D eigenvalue weighted by Crippen LogP contribution is -2.45. The highest BCUT2D eigenvalue weighted by molar-refractivity contribution is 5.83. The van der Waals surface area contributed by atoms with Crippen molar-refractivity contribution in [1.29, 1.82) is 0 Å². The molecule has 0 bridgehead atoms. The number of esters is 1. The van der Waals surface area contributed by atoms with Crippen LogP contribution >= 0.6 is 0 Å². The Hall–Kier alpha value is -2.20. The predicted molar refractivity (Wildman–Crippen MR) is 108 cm³/mol. The second-order valence-corrected chi connectivity index (χ2v) is 7.85. The molecule has 1 unspecified atom stereocenters. The SMILES string of the molecule is CCOC(=O)C1(/C=C/c2ccc3ccc(CC)nc3c2)CCOC(C)(C)C1. The van der Waals surface area contributed by atoms with Gasteiger partial charge in [-0.05, 0) is 57.7 Å². The molecular formula is C23H29NO3. The Morgan fingerprint density at radius 1 is 1.26 bits per heavy atom. The Labute approximate surface area is 161 Å². The van der Waals surface area contributed by atoms with E-state index in [0.717, 1.165) is 28.6 Å². The first kappa shape index (κ1) is 19.6. The molecule has 0 radical (unpaired) electrons. The lowest BCUT2D eigenvalue weighted by molar-refractivity contribution is -0.166. The first-order valence-corrected chi connectivity index (χ1v) is 9.77. The molecule has 2 aromatic rings. The molecule has 0 amide bonds. The molecule has 144 valence electrons. The van der Waals surface area contributed by atoms with Crippen molar-refractivity contribution < 1.29 is 14.3 Å². The van der Waals surface area contributed by atoms with Crippen LogP contribution in [-0.4, -0.2) is 29.8 Å². The van der Waals surface area contributed by atoms with E-state index in [0.29, 0.717) is 26.1 Å². The molecule has 1 aromatic heterocycles. The summed E-state index contributed by atoms with van der Waals surface area (Å²) in [6.07, 6.45) is 6.20. The number of rotatable bonds is 5. The average Bonchev–Trinajstić information content (AvgIpc) is 2.65. The van der Waals surface area contributed by atoms with Gasteiger partial charge in [0, 0.05) is 17.7 Å². The number of fused-ring (bicyclic) bond motifs is 1. The fourth-order valence-electron chi connectivity index (χ4n) is 3.80. The first-order valence-electron chi connectivity index (χ1n) is 9.77. The minimum atomic E-state index is -0.647. The maximum atomic E-state index is 12.8. The second-order valence-electron chi connectivity index (χ2n) is 7.85. The number of carbonyl (C=O) groups excluding carboxylic acids is 1. The molecule has 2 heterocycles. The van der Waals surface area contributed by atoms with Gasteiger partial charge < -0.3 is 9.47 Å². The Morgan fingerprint density at radius 3 is 2.74 bits per heavy atom. The average molecular weight is 367 g/mol. The number of nitrogens with zero attached hydrogens (tertiary/aromatic N) is 1. The van der Waals surface area contributed by atoms with E-state index in [9.17, 15) is 4.79 Å². The summed E-state index contributed by atoms with van der Waals surface area (Å²) in [6, 6.07) is 10.4. The highest BCUT2D eigenvalue weighted by atomic mass is 16.5. The molecule has 1 atom stereocenters. The highest BCUT2D eigenvalue weighted by Gasteiger charge is 2.45. The van der Waals surface area contributed by atoms with Gasteiger partial charge in [-0.15, -0.1) is 0 Å². The van der Waals surface area contributed by atoms with Crippen molar-refractivity contribution in [3.8, 4) is 0 Å². The van der Waals surface area contributed by atoms with Gasteiger partial charge in [0.15, 0.2) is 0 Å². The van der Waals surface area contributed by atoms with Crippen LogP contribution in [0.3, 0.4) is 0 Å². The summed E-state index contributed by atoms with van der Waals surface area (Å²) in [6.45, 7) is 8.94. The summed E-state index contributed by atoms with van der Waals surface area (Å²) >= 11 is 0. The number of hydrogen-bond acceptors (Lipinski definition) is 4. The molecule has 1 aliphatic heterocycles. The van der Waals surface area contributed by atoms with Crippen LogP contribution < -0.4 is 0 Å². The van der Waals surface area contributed by atoms with Crippen LogP contribution in [0.25, 0.3) is 17.0 Å². The molecule has 1 aliphatic rings. The third kappa shape index (κ3) is 4.38. The molecule has 4 heteroatoms. The normalized spacial score (nSPS) is 22.2. The predicted octanol–water partition coefficient (Wildman–Crippen LogP) is 4.95. The van der Waals surface area contributed by atoms with Gasteiger partial charge >= 0.3 is 5.97 Å². The molecule has 0 N–H and O–H groups in total. The van der Waals surface area contributed by atoms with Crippen LogP contribution in [0.4, 0.5) is 0 Å². The number of aryl methyl sites for hydroxylation is 1. The number of benzene rings is 1.